The fourth-order valence-electron chi connectivity index (χ4n) is 3.19. The quantitative estimate of drug-likeness (QED) is 0.812. The van der Waals surface area contributed by atoms with E-state index in [4.69, 9.17) is 4.42 Å². The van der Waals surface area contributed by atoms with E-state index in [2.05, 4.69) is 15.2 Å². The summed E-state index contributed by atoms with van der Waals surface area (Å²) >= 11 is 0. The second-order valence-corrected chi connectivity index (χ2v) is 6.15. The average molecular weight is 331 g/mol. The molecular formula is C17H25N5O2. The lowest BCUT2D eigenvalue weighted by molar-refractivity contribution is 0.0767. The summed E-state index contributed by atoms with van der Waals surface area (Å²) in [6, 6.07) is 4.24. The Hall–Kier alpha value is -2.15. The zero-order valence-electron chi connectivity index (χ0n) is 14.4. The molecule has 0 unspecified atom stereocenters. The molecule has 130 valence electrons. The van der Waals surface area contributed by atoms with Crippen LogP contribution in [-0.2, 0) is 6.54 Å². The molecule has 0 atom stereocenters. The van der Waals surface area contributed by atoms with Crippen LogP contribution in [0.15, 0.2) is 29.0 Å². The van der Waals surface area contributed by atoms with Crippen molar-refractivity contribution in [2.45, 2.75) is 39.3 Å². The van der Waals surface area contributed by atoms with Crippen LogP contribution in [0.3, 0.4) is 0 Å². The number of aromatic nitrogens is 3. The van der Waals surface area contributed by atoms with Gasteiger partial charge < -0.3 is 9.32 Å². The van der Waals surface area contributed by atoms with E-state index in [1.54, 1.807) is 17.4 Å². The average Bonchev–Trinajstić information content (AvgIpc) is 3.28. The Bertz CT molecular complexity index is 640. The van der Waals surface area contributed by atoms with Gasteiger partial charge in [0.1, 0.15) is 5.76 Å². The zero-order valence-corrected chi connectivity index (χ0v) is 14.4. The maximum absolute atomic E-state index is 12.3. The standard InChI is InChI=1S/C17H25N5O2/c1-3-21(4-2)17(23)16-13-22(19-18-16)14-7-9-20(10-8-14)12-15-6-5-11-24-15/h5-6,11,13-14H,3-4,7-10,12H2,1-2H3. The molecule has 3 rings (SSSR count). The van der Waals surface area contributed by atoms with Crippen LogP contribution >= 0.6 is 0 Å². The molecule has 1 fully saturated rings. The fourth-order valence-corrected chi connectivity index (χ4v) is 3.19. The first-order chi connectivity index (χ1) is 11.7. The Morgan fingerprint density at radius 1 is 1.33 bits per heavy atom. The third-order valence-electron chi connectivity index (χ3n) is 4.67. The number of rotatable bonds is 6. The van der Waals surface area contributed by atoms with E-state index in [9.17, 15) is 4.79 Å². The van der Waals surface area contributed by atoms with E-state index >= 15 is 0 Å². The smallest absolute Gasteiger partial charge is 0.276 e. The van der Waals surface area contributed by atoms with Gasteiger partial charge in [-0.2, -0.15) is 0 Å². The number of likely N-dealkylation sites (tertiary alicyclic amines) is 1. The minimum Gasteiger partial charge on any atom is -0.468 e. The normalized spacial score (nSPS) is 16.4. The van der Waals surface area contributed by atoms with Crippen LogP contribution in [0.2, 0.25) is 0 Å². The molecule has 7 nitrogen and oxygen atoms in total. The number of carbonyl (C=O) groups excluding carboxylic acids is 1. The Labute approximate surface area is 142 Å². The summed E-state index contributed by atoms with van der Waals surface area (Å²) in [7, 11) is 0. The molecular weight excluding hydrogens is 306 g/mol. The highest BCUT2D eigenvalue weighted by molar-refractivity contribution is 5.91. The third-order valence-corrected chi connectivity index (χ3v) is 4.67. The molecule has 0 N–H and O–H groups in total. The summed E-state index contributed by atoms with van der Waals surface area (Å²) in [6.07, 6.45) is 5.52. The Morgan fingerprint density at radius 2 is 2.08 bits per heavy atom. The highest BCUT2D eigenvalue weighted by atomic mass is 16.3. The van der Waals surface area contributed by atoms with Crippen molar-refractivity contribution in [2.24, 2.45) is 0 Å². The molecule has 1 saturated heterocycles. The van der Waals surface area contributed by atoms with Crippen molar-refractivity contribution in [2.75, 3.05) is 26.2 Å². The van der Waals surface area contributed by atoms with Gasteiger partial charge in [-0.1, -0.05) is 5.21 Å². The van der Waals surface area contributed by atoms with Crippen LogP contribution in [0.4, 0.5) is 0 Å². The maximum Gasteiger partial charge on any atom is 0.276 e. The number of carbonyl (C=O) groups is 1. The first kappa shape index (κ1) is 16.7. The monoisotopic (exact) mass is 331 g/mol. The molecule has 0 radical (unpaired) electrons. The second kappa shape index (κ2) is 7.61. The summed E-state index contributed by atoms with van der Waals surface area (Å²) in [6.45, 7) is 8.15. The number of amides is 1. The van der Waals surface area contributed by atoms with Crippen molar-refractivity contribution in [3.63, 3.8) is 0 Å². The Balaban J connectivity index is 1.56. The molecule has 0 aliphatic carbocycles. The van der Waals surface area contributed by atoms with Crippen LogP contribution in [0.5, 0.6) is 0 Å². The van der Waals surface area contributed by atoms with Gasteiger partial charge in [-0.3, -0.25) is 9.69 Å². The Kier molecular flexibility index (Phi) is 5.30. The van der Waals surface area contributed by atoms with Gasteiger partial charge in [0.25, 0.3) is 5.91 Å². The van der Waals surface area contributed by atoms with Gasteiger partial charge in [-0.05, 0) is 38.8 Å². The lowest BCUT2D eigenvalue weighted by Gasteiger charge is -2.31. The van der Waals surface area contributed by atoms with E-state index in [1.807, 2.05) is 30.7 Å². The van der Waals surface area contributed by atoms with Crippen LogP contribution < -0.4 is 0 Å². The van der Waals surface area contributed by atoms with E-state index in [0.29, 0.717) is 24.8 Å². The molecule has 1 aliphatic heterocycles. The molecule has 0 spiro atoms. The van der Waals surface area contributed by atoms with Crippen LogP contribution in [0.25, 0.3) is 0 Å². The van der Waals surface area contributed by atoms with Crippen molar-refractivity contribution in [1.82, 2.24) is 24.8 Å². The molecule has 24 heavy (non-hydrogen) atoms. The van der Waals surface area contributed by atoms with Crippen LogP contribution in [0, 0.1) is 0 Å². The number of nitrogens with zero attached hydrogens (tertiary/aromatic N) is 5. The highest BCUT2D eigenvalue weighted by Gasteiger charge is 2.24. The second-order valence-electron chi connectivity index (χ2n) is 6.15. The summed E-state index contributed by atoms with van der Waals surface area (Å²) in [4.78, 5) is 16.5. The molecule has 1 aliphatic rings. The summed E-state index contributed by atoms with van der Waals surface area (Å²) in [5.41, 5.74) is 0.441. The molecule has 7 heteroatoms. The van der Waals surface area contributed by atoms with Crippen molar-refractivity contribution in [1.29, 1.82) is 0 Å². The minimum absolute atomic E-state index is 0.0403. The van der Waals surface area contributed by atoms with E-state index < -0.39 is 0 Å². The largest absolute Gasteiger partial charge is 0.468 e. The summed E-state index contributed by atoms with van der Waals surface area (Å²) < 4.78 is 7.27. The van der Waals surface area contributed by atoms with Gasteiger partial charge in [0, 0.05) is 26.2 Å². The lowest BCUT2D eigenvalue weighted by atomic mass is 10.1. The number of piperidine rings is 1. The molecule has 3 heterocycles. The van der Waals surface area contributed by atoms with Gasteiger partial charge in [-0.25, -0.2) is 4.68 Å². The van der Waals surface area contributed by atoms with Gasteiger partial charge in [-0.15, -0.1) is 5.10 Å². The molecule has 1 amide bonds. The predicted molar refractivity (Wildman–Crippen MR) is 89.5 cm³/mol. The van der Waals surface area contributed by atoms with E-state index in [-0.39, 0.29) is 5.91 Å². The first-order valence-corrected chi connectivity index (χ1v) is 8.67. The van der Waals surface area contributed by atoms with Gasteiger partial charge in [0.2, 0.25) is 0 Å². The van der Waals surface area contributed by atoms with E-state index in [1.165, 1.54) is 0 Å². The van der Waals surface area contributed by atoms with Crippen molar-refractivity contribution in [3.8, 4) is 0 Å². The summed E-state index contributed by atoms with van der Waals surface area (Å²) in [5.74, 6) is 0.961. The van der Waals surface area contributed by atoms with Crippen molar-refractivity contribution >= 4 is 5.91 Å². The minimum atomic E-state index is -0.0403. The topological polar surface area (TPSA) is 67.4 Å². The fraction of sp³-hybridized carbons (Fsp3) is 0.588. The van der Waals surface area contributed by atoms with Crippen molar-refractivity contribution in [3.05, 3.63) is 36.0 Å². The predicted octanol–water partition coefficient (Wildman–Crippen LogP) is 2.19. The number of hydrogen-bond donors (Lipinski definition) is 0. The van der Waals surface area contributed by atoms with Gasteiger partial charge in [0.15, 0.2) is 5.69 Å². The SMILES string of the molecule is CCN(CC)C(=O)c1cn(C2CCN(Cc3ccco3)CC2)nn1. The first-order valence-electron chi connectivity index (χ1n) is 8.67. The summed E-state index contributed by atoms with van der Waals surface area (Å²) in [5, 5.41) is 8.28. The Morgan fingerprint density at radius 3 is 2.71 bits per heavy atom. The maximum atomic E-state index is 12.3. The van der Waals surface area contributed by atoms with Gasteiger partial charge >= 0.3 is 0 Å². The van der Waals surface area contributed by atoms with Crippen LogP contribution in [0.1, 0.15) is 49.0 Å². The molecule has 2 aromatic heterocycles. The zero-order chi connectivity index (χ0) is 16.9. The van der Waals surface area contributed by atoms with Crippen molar-refractivity contribution < 1.29 is 9.21 Å². The van der Waals surface area contributed by atoms with Crippen LogP contribution in [-0.4, -0.2) is 56.9 Å². The molecule has 0 bridgehead atoms. The number of furan rings is 1. The third kappa shape index (κ3) is 3.67. The molecule has 2 aromatic rings. The van der Waals surface area contributed by atoms with E-state index in [0.717, 1.165) is 38.2 Å². The molecule has 0 aromatic carbocycles. The number of hydrogen-bond acceptors (Lipinski definition) is 5. The molecule has 0 saturated carbocycles. The van der Waals surface area contributed by atoms with Gasteiger partial charge in [0.05, 0.1) is 25.0 Å². The lowest BCUT2D eigenvalue weighted by Crippen LogP contribution is -2.34. The highest BCUT2D eigenvalue weighted by Crippen LogP contribution is 2.23.